The summed E-state index contributed by atoms with van der Waals surface area (Å²) >= 11 is 0. The smallest absolute Gasteiger partial charge is 0.249 e. The normalized spacial score (nSPS) is 20.8. The Kier molecular flexibility index (Phi) is 4.33. The molecule has 4 nitrogen and oxygen atoms in total. The predicted molar refractivity (Wildman–Crippen MR) is 70.2 cm³/mol. The van der Waals surface area contributed by atoms with Gasteiger partial charge >= 0.3 is 0 Å². The summed E-state index contributed by atoms with van der Waals surface area (Å²) in [7, 11) is 0. The van der Waals surface area contributed by atoms with E-state index in [4.69, 9.17) is 10.5 Å². The summed E-state index contributed by atoms with van der Waals surface area (Å²) in [4.78, 5) is 11.3. The van der Waals surface area contributed by atoms with Crippen LogP contribution in [0.4, 0.5) is 0 Å². The van der Waals surface area contributed by atoms with Gasteiger partial charge in [0.2, 0.25) is 5.91 Å². The summed E-state index contributed by atoms with van der Waals surface area (Å²) in [6.45, 7) is 3.61. The molecular weight excluding hydrogens is 228 g/mol. The van der Waals surface area contributed by atoms with Crippen LogP contribution in [0.5, 0.6) is 0 Å². The average molecular weight is 248 g/mol. The SMILES string of the molecule is CC(NCc1ccccc1C(N)=O)C1CCCO1. The second-order valence-corrected chi connectivity index (χ2v) is 4.74. The van der Waals surface area contributed by atoms with E-state index in [1.807, 2.05) is 18.2 Å². The van der Waals surface area contributed by atoms with Crippen molar-refractivity contribution >= 4 is 5.91 Å². The van der Waals surface area contributed by atoms with Crippen LogP contribution in [0, 0.1) is 0 Å². The summed E-state index contributed by atoms with van der Waals surface area (Å²) < 4.78 is 5.63. The van der Waals surface area contributed by atoms with Crippen LogP contribution in [-0.4, -0.2) is 24.7 Å². The zero-order valence-electron chi connectivity index (χ0n) is 10.7. The lowest BCUT2D eigenvalue weighted by Gasteiger charge is -2.20. The number of benzene rings is 1. The Bertz CT molecular complexity index is 414. The Morgan fingerprint density at radius 3 is 3.00 bits per heavy atom. The Hall–Kier alpha value is -1.39. The van der Waals surface area contributed by atoms with Crippen LogP contribution >= 0.6 is 0 Å². The molecule has 0 spiro atoms. The van der Waals surface area contributed by atoms with Crippen molar-refractivity contribution in [2.45, 2.75) is 38.5 Å². The van der Waals surface area contributed by atoms with Crippen LogP contribution in [-0.2, 0) is 11.3 Å². The second kappa shape index (κ2) is 5.98. The summed E-state index contributed by atoms with van der Waals surface area (Å²) in [6, 6.07) is 7.71. The number of amides is 1. The maximum absolute atomic E-state index is 11.3. The molecule has 4 heteroatoms. The number of rotatable bonds is 5. The Morgan fingerprint density at radius 1 is 1.56 bits per heavy atom. The van der Waals surface area contributed by atoms with Gasteiger partial charge < -0.3 is 15.8 Å². The largest absolute Gasteiger partial charge is 0.377 e. The van der Waals surface area contributed by atoms with Crippen LogP contribution in [0.3, 0.4) is 0 Å². The van der Waals surface area contributed by atoms with Crippen LogP contribution < -0.4 is 11.1 Å². The Balaban J connectivity index is 1.95. The highest BCUT2D eigenvalue weighted by Gasteiger charge is 2.22. The molecule has 0 radical (unpaired) electrons. The first kappa shape index (κ1) is 13.1. The number of hydrogen-bond donors (Lipinski definition) is 2. The van der Waals surface area contributed by atoms with E-state index in [-0.39, 0.29) is 18.1 Å². The van der Waals surface area contributed by atoms with Gasteiger partial charge in [0.05, 0.1) is 6.10 Å². The molecule has 1 heterocycles. The molecular formula is C14H20N2O2. The first-order chi connectivity index (χ1) is 8.68. The minimum atomic E-state index is -0.378. The fraction of sp³-hybridized carbons (Fsp3) is 0.500. The van der Waals surface area contributed by atoms with Gasteiger partial charge in [0.15, 0.2) is 0 Å². The molecule has 18 heavy (non-hydrogen) atoms. The highest BCUT2D eigenvalue weighted by molar-refractivity contribution is 5.94. The average Bonchev–Trinajstić information content (AvgIpc) is 2.90. The van der Waals surface area contributed by atoms with Crippen molar-refractivity contribution in [1.82, 2.24) is 5.32 Å². The monoisotopic (exact) mass is 248 g/mol. The zero-order chi connectivity index (χ0) is 13.0. The van der Waals surface area contributed by atoms with Crippen LogP contribution in [0.2, 0.25) is 0 Å². The van der Waals surface area contributed by atoms with Crippen molar-refractivity contribution in [3.8, 4) is 0 Å². The van der Waals surface area contributed by atoms with Crippen LogP contribution in [0.15, 0.2) is 24.3 Å². The van der Waals surface area contributed by atoms with E-state index in [9.17, 15) is 4.79 Å². The molecule has 98 valence electrons. The van der Waals surface area contributed by atoms with Gasteiger partial charge in [0, 0.05) is 24.8 Å². The summed E-state index contributed by atoms with van der Waals surface area (Å²) in [5.74, 6) is -0.378. The van der Waals surface area contributed by atoms with E-state index >= 15 is 0 Å². The fourth-order valence-electron chi connectivity index (χ4n) is 2.31. The first-order valence-electron chi connectivity index (χ1n) is 6.41. The molecule has 0 saturated carbocycles. The van der Waals surface area contributed by atoms with Crippen molar-refractivity contribution in [1.29, 1.82) is 0 Å². The highest BCUT2D eigenvalue weighted by atomic mass is 16.5. The molecule has 1 aliphatic heterocycles. The van der Waals surface area contributed by atoms with Crippen molar-refractivity contribution < 1.29 is 9.53 Å². The summed E-state index contributed by atoms with van der Waals surface area (Å²) in [6.07, 6.45) is 2.52. The third kappa shape index (κ3) is 3.09. The third-order valence-electron chi connectivity index (χ3n) is 3.42. The number of nitrogens with one attached hydrogen (secondary N) is 1. The number of carbonyl (C=O) groups excluding carboxylic acids is 1. The van der Waals surface area contributed by atoms with Crippen LogP contribution in [0.25, 0.3) is 0 Å². The van der Waals surface area contributed by atoms with Gasteiger partial charge in [0.1, 0.15) is 0 Å². The number of hydrogen-bond acceptors (Lipinski definition) is 3. The van der Waals surface area contributed by atoms with E-state index < -0.39 is 0 Å². The molecule has 1 amide bonds. The predicted octanol–water partition coefficient (Wildman–Crippen LogP) is 1.44. The van der Waals surface area contributed by atoms with Crippen molar-refractivity contribution in [2.24, 2.45) is 5.73 Å². The minimum absolute atomic E-state index is 0.283. The molecule has 1 saturated heterocycles. The van der Waals surface area contributed by atoms with Gasteiger partial charge in [-0.2, -0.15) is 0 Å². The molecule has 0 aromatic heterocycles. The Morgan fingerprint density at radius 2 is 2.33 bits per heavy atom. The molecule has 2 rings (SSSR count). The van der Waals surface area contributed by atoms with Gasteiger partial charge in [-0.3, -0.25) is 4.79 Å². The lowest BCUT2D eigenvalue weighted by atomic mass is 10.1. The van der Waals surface area contributed by atoms with E-state index in [1.54, 1.807) is 6.07 Å². The van der Waals surface area contributed by atoms with Crippen molar-refractivity contribution in [3.63, 3.8) is 0 Å². The number of carbonyl (C=O) groups is 1. The highest BCUT2D eigenvalue weighted by Crippen LogP contribution is 2.16. The molecule has 2 unspecified atom stereocenters. The van der Waals surface area contributed by atoms with E-state index in [0.29, 0.717) is 12.1 Å². The van der Waals surface area contributed by atoms with E-state index in [1.165, 1.54) is 0 Å². The standard InChI is InChI=1S/C14H20N2O2/c1-10(13-7-4-8-18-13)16-9-11-5-2-3-6-12(11)14(15)17/h2-3,5-6,10,13,16H,4,7-9H2,1H3,(H2,15,17). The molecule has 0 aliphatic carbocycles. The lowest BCUT2D eigenvalue weighted by molar-refractivity contribution is 0.0831. The number of ether oxygens (including phenoxy) is 1. The van der Waals surface area contributed by atoms with E-state index in [0.717, 1.165) is 25.0 Å². The third-order valence-corrected chi connectivity index (χ3v) is 3.42. The minimum Gasteiger partial charge on any atom is -0.377 e. The maximum Gasteiger partial charge on any atom is 0.249 e. The quantitative estimate of drug-likeness (QED) is 0.828. The second-order valence-electron chi connectivity index (χ2n) is 4.74. The Labute approximate surface area is 108 Å². The van der Waals surface area contributed by atoms with Gasteiger partial charge in [-0.25, -0.2) is 0 Å². The molecule has 1 aromatic rings. The maximum atomic E-state index is 11.3. The molecule has 3 N–H and O–H groups in total. The van der Waals surface area contributed by atoms with E-state index in [2.05, 4.69) is 12.2 Å². The van der Waals surface area contributed by atoms with Gasteiger partial charge in [-0.15, -0.1) is 0 Å². The topological polar surface area (TPSA) is 64.3 Å². The van der Waals surface area contributed by atoms with Crippen LogP contribution in [0.1, 0.15) is 35.7 Å². The van der Waals surface area contributed by atoms with Gasteiger partial charge in [0.25, 0.3) is 0 Å². The molecule has 0 bridgehead atoms. The number of primary amides is 1. The lowest BCUT2D eigenvalue weighted by Crippen LogP contribution is -2.36. The molecule has 1 aliphatic rings. The molecule has 1 aromatic carbocycles. The molecule has 1 fully saturated rings. The van der Waals surface area contributed by atoms with Crippen molar-refractivity contribution in [3.05, 3.63) is 35.4 Å². The van der Waals surface area contributed by atoms with Gasteiger partial charge in [-0.05, 0) is 31.4 Å². The summed E-state index contributed by atoms with van der Waals surface area (Å²) in [5, 5.41) is 3.40. The molecule has 2 atom stereocenters. The van der Waals surface area contributed by atoms with Crippen molar-refractivity contribution in [2.75, 3.05) is 6.61 Å². The fourth-order valence-corrected chi connectivity index (χ4v) is 2.31. The zero-order valence-corrected chi connectivity index (χ0v) is 10.7. The first-order valence-corrected chi connectivity index (χ1v) is 6.41. The summed E-state index contributed by atoms with van der Waals surface area (Å²) in [5.41, 5.74) is 6.88. The van der Waals surface area contributed by atoms with Gasteiger partial charge in [-0.1, -0.05) is 18.2 Å². The number of nitrogens with two attached hydrogens (primary N) is 1.